The maximum atomic E-state index is 11.2. The van der Waals surface area contributed by atoms with Gasteiger partial charge in [0.05, 0.1) is 5.52 Å². The minimum absolute atomic E-state index is 0.121. The number of aromatic amines is 1. The summed E-state index contributed by atoms with van der Waals surface area (Å²) < 4.78 is 2.63. The van der Waals surface area contributed by atoms with Gasteiger partial charge in [-0.2, -0.15) is 5.10 Å². The Hall–Kier alpha value is -1.62. The van der Waals surface area contributed by atoms with Gasteiger partial charge in [-0.15, -0.1) is 0 Å². The summed E-state index contributed by atoms with van der Waals surface area (Å²) >= 11 is 3.39. The number of hydrogen-bond donors (Lipinski definition) is 1. The molecule has 0 aliphatic heterocycles. The first-order valence-electron chi connectivity index (χ1n) is 4.41. The molecule has 0 amide bonds. The summed E-state index contributed by atoms with van der Waals surface area (Å²) in [6.07, 6.45) is 1.65. The highest BCUT2D eigenvalue weighted by molar-refractivity contribution is 9.10. The highest BCUT2D eigenvalue weighted by atomic mass is 79.9. The smallest absolute Gasteiger partial charge is 0.251 e. The molecule has 5 heteroatoms. The maximum Gasteiger partial charge on any atom is 0.251 e. The van der Waals surface area contributed by atoms with E-state index >= 15 is 0 Å². The SMILES string of the molecule is O=c1ccn2nc3ccc(Br)cc3c2[nH]1. The molecule has 0 saturated heterocycles. The third-order valence-corrected chi connectivity index (χ3v) is 2.76. The molecule has 4 nitrogen and oxygen atoms in total. The first-order valence-corrected chi connectivity index (χ1v) is 5.20. The second-order valence-corrected chi connectivity index (χ2v) is 4.18. The number of fused-ring (bicyclic) bond motifs is 3. The van der Waals surface area contributed by atoms with Crippen LogP contribution in [0.1, 0.15) is 0 Å². The summed E-state index contributed by atoms with van der Waals surface area (Å²) in [7, 11) is 0. The lowest BCUT2D eigenvalue weighted by Crippen LogP contribution is -2.05. The minimum atomic E-state index is -0.121. The van der Waals surface area contributed by atoms with Crippen molar-refractivity contribution < 1.29 is 0 Å². The van der Waals surface area contributed by atoms with Crippen LogP contribution in [0.4, 0.5) is 0 Å². The molecule has 0 aliphatic carbocycles. The molecule has 0 saturated carbocycles. The van der Waals surface area contributed by atoms with Crippen LogP contribution >= 0.6 is 15.9 Å². The first kappa shape index (κ1) is 8.67. The third kappa shape index (κ3) is 1.27. The van der Waals surface area contributed by atoms with Gasteiger partial charge in [-0.05, 0) is 18.2 Å². The second kappa shape index (κ2) is 2.93. The molecule has 0 fully saturated rings. The molecule has 2 aromatic heterocycles. The molecule has 0 radical (unpaired) electrons. The van der Waals surface area contributed by atoms with Crippen molar-refractivity contribution >= 4 is 32.5 Å². The van der Waals surface area contributed by atoms with Gasteiger partial charge in [-0.25, -0.2) is 4.52 Å². The van der Waals surface area contributed by atoms with Crippen LogP contribution in [0.25, 0.3) is 16.6 Å². The van der Waals surface area contributed by atoms with E-state index in [1.165, 1.54) is 6.07 Å². The van der Waals surface area contributed by atoms with Gasteiger partial charge >= 0.3 is 0 Å². The van der Waals surface area contributed by atoms with E-state index < -0.39 is 0 Å². The van der Waals surface area contributed by atoms with E-state index in [1.54, 1.807) is 10.7 Å². The fourth-order valence-electron chi connectivity index (χ4n) is 1.60. The summed E-state index contributed by atoms with van der Waals surface area (Å²) in [5.41, 5.74) is 1.46. The Kier molecular flexibility index (Phi) is 1.70. The van der Waals surface area contributed by atoms with Gasteiger partial charge in [-0.3, -0.25) is 4.79 Å². The number of rotatable bonds is 0. The van der Waals surface area contributed by atoms with Crippen molar-refractivity contribution in [2.24, 2.45) is 0 Å². The van der Waals surface area contributed by atoms with E-state index in [-0.39, 0.29) is 5.56 Å². The molecule has 1 aromatic carbocycles. The fourth-order valence-corrected chi connectivity index (χ4v) is 1.96. The third-order valence-electron chi connectivity index (χ3n) is 2.27. The van der Waals surface area contributed by atoms with E-state index in [2.05, 4.69) is 26.0 Å². The second-order valence-electron chi connectivity index (χ2n) is 3.26. The molecule has 0 spiro atoms. The fraction of sp³-hybridized carbons (Fsp3) is 0. The largest absolute Gasteiger partial charge is 0.306 e. The van der Waals surface area contributed by atoms with Crippen molar-refractivity contribution in [3.8, 4) is 0 Å². The van der Waals surface area contributed by atoms with Gasteiger partial charge < -0.3 is 4.98 Å². The zero-order chi connectivity index (χ0) is 10.4. The molecular weight excluding hydrogens is 258 g/mol. The molecule has 0 atom stereocenters. The normalized spacial score (nSPS) is 11.3. The standard InChI is InChI=1S/C10H6BrN3O/c11-6-1-2-8-7(5-6)10-12-9(15)3-4-14(10)13-8/h1-5H,(H,12,15). The summed E-state index contributed by atoms with van der Waals surface area (Å²) in [5.74, 6) is 0. The van der Waals surface area contributed by atoms with Crippen LogP contribution < -0.4 is 5.56 Å². The predicted molar refractivity (Wildman–Crippen MR) is 61.0 cm³/mol. The lowest BCUT2D eigenvalue weighted by molar-refractivity contribution is 0.947. The molecule has 3 aromatic rings. The summed E-state index contributed by atoms with van der Waals surface area (Å²) in [6.45, 7) is 0. The van der Waals surface area contributed by atoms with Crippen molar-refractivity contribution in [3.63, 3.8) is 0 Å². The van der Waals surface area contributed by atoms with E-state index in [4.69, 9.17) is 0 Å². The van der Waals surface area contributed by atoms with Crippen LogP contribution in [-0.4, -0.2) is 14.6 Å². The van der Waals surface area contributed by atoms with Crippen molar-refractivity contribution in [2.45, 2.75) is 0 Å². The number of benzene rings is 1. The predicted octanol–water partition coefficient (Wildman–Crippen LogP) is 1.94. The van der Waals surface area contributed by atoms with Crippen LogP contribution in [0.15, 0.2) is 39.7 Å². The lowest BCUT2D eigenvalue weighted by Gasteiger charge is -1.91. The van der Waals surface area contributed by atoms with E-state index in [9.17, 15) is 4.79 Å². The Morgan fingerprint density at radius 1 is 1.33 bits per heavy atom. The van der Waals surface area contributed by atoms with Crippen molar-refractivity contribution in [1.82, 2.24) is 14.6 Å². The molecule has 2 heterocycles. The number of nitrogens with zero attached hydrogens (tertiary/aromatic N) is 2. The molecule has 1 N–H and O–H groups in total. The monoisotopic (exact) mass is 263 g/mol. The number of nitrogens with one attached hydrogen (secondary N) is 1. The van der Waals surface area contributed by atoms with Gasteiger partial charge in [0, 0.05) is 22.1 Å². The van der Waals surface area contributed by atoms with Crippen LogP contribution in [0.3, 0.4) is 0 Å². The molecule has 3 rings (SSSR count). The van der Waals surface area contributed by atoms with Gasteiger partial charge in [-0.1, -0.05) is 15.9 Å². The quantitative estimate of drug-likeness (QED) is 0.674. The number of halogens is 1. The average molecular weight is 264 g/mol. The molecule has 0 bridgehead atoms. The van der Waals surface area contributed by atoms with E-state index in [1.807, 2.05) is 18.2 Å². The Labute approximate surface area is 92.7 Å². The molecule has 0 unspecified atom stereocenters. The summed E-state index contributed by atoms with van der Waals surface area (Å²) in [5, 5.41) is 5.26. The highest BCUT2D eigenvalue weighted by Gasteiger charge is 2.05. The minimum Gasteiger partial charge on any atom is -0.306 e. The van der Waals surface area contributed by atoms with Crippen LogP contribution in [0.2, 0.25) is 0 Å². The lowest BCUT2D eigenvalue weighted by atomic mass is 10.2. The van der Waals surface area contributed by atoms with Crippen LogP contribution in [0.5, 0.6) is 0 Å². The zero-order valence-electron chi connectivity index (χ0n) is 7.57. The van der Waals surface area contributed by atoms with E-state index in [0.717, 1.165) is 21.0 Å². The summed E-state index contributed by atoms with van der Waals surface area (Å²) in [6, 6.07) is 7.22. The molecule has 15 heavy (non-hydrogen) atoms. The van der Waals surface area contributed by atoms with Crippen LogP contribution in [0, 0.1) is 0 Å². The first-order chi connectivity index (χ1) is 7.24. The average Bonchev–Trinajstić information content (AvgIpc) is 2.56. The Morgan fingerprint density at radius 2 is 2.20 bits per heavy atom. The van der Waals surface area contributed by atoms with Gasteiger partial charge in [0.2, 0.25) is 0 Å². The summed E-state index contributed by atoms with van der Waals surface area (Å²) in [4.78, 5) is 14.0. The van der Waals surface area contributed by atoms with Gasteiger partial charge in [0.1, 0.15) is 5.65 Å². The number of H-pyrrole nitrogens is 1. The van der Waals surface area contributed by atoms with Gasteiger partial charge in [0.25, 0.3) is 5.56 Å². The molecular formula is C10H6BrN3O. The van der Waals surface area contributed by atoms with Gasteiger partial charge in [0.15, 0.2) is 0 Å². The van der Waals surface area contributed by atoms with E-state index in [0.29, 0.717) is 0 Å². The zero-order valence-corrected chi connectivity index (χ0v) is 9.15. The molecule has 0 aliphatic rings. The number of aromatic nitrogens is 3. The van der Waals surface area contributed by atoms with Crippen LogP contribution in [-0.2, 0) is 0 Å². The van der Waals surface area contributed by atoms with Crippen molar-refractivity contribution in [2.75, 3.05) is 0 Å². The number of hydrogen-bond acceptors (Lipinski definition) is 2. The Bertz CT molecular complexity index is 713. The highest BCUT2D eigenvalue weighted by Crippen LogP contribution is 2.21. The molecule has 74 valence electrons. The maximum absolute atomic E-state index is 11.2. The topological polar surface area (TPSA) is 50.2 Å². The Balaban J connectivity index is 2.60. The van der Waals surface area contributed by atoms with Crippen molar-refractivity contribution in [3.05, 3.63) is 45.3 Å². The Morgan fingerprint density at radius 3 is 3.07 bits per heavy atom. The van der Waals surface area contributed by atoms with Crippen molar-refractivity contribution in [1.29, 1.82) is 0 Å².